The molecule has 0 unspecified atom stereocenters. The highest BCUT2D eigenvalue weighted by molar-refractivity contribution is 5.92. The summed E-state index contributed by atoms with van der Waals surface area (Å²) in [5.74, 6) is 2.37. The number of ether oxygens (including phenoxy) is 1. The first kappa shape index (κ1) is 23.6. The van der Waals surface area contributed by atoms with E-state index < -0.39 is 0 Å². The van der Waals surface area contributed by atoms with E-state index in [-0.39, 0.29) is 11.9 Å². The van der Waals surface area contributed by atoms with Gasteiger partial charge in [-0.1, -0.05) is 42.5 Å². The normalized spacial score (nSPS) is 18.8. The van der Waals surface area contributed by atoms with Gasteiger partial charge in [0.25, 0.3) is 5.91 Å². The zero-order valence-electron chi connectivity index (χ0n) is 21.1. The Kier molecular flexibility index (Phi) is 6.91. The van der Waals surface area contributed by atoms with Crippen LogP contribution in [0.2, 0.25) is 0 Å². The van der Waals surface area contributed by atoms with E-state index in [0.29, 0.717) is 11.6 Å². The topological polar surface area (TPSA) is 59.4 Å². The van der Waals surface area contributed by atoms with Crippen LogP contribution in [0.3, 0.4) is 0 Å². The fraction of sp³-hybridized carbons (Fsp3) is 0.448. The van der Waals surface area contributed by atoms with Crippen LogP contribution in [-0.2, 0) is 19.5 Å². The number of benzene rings is 2. The lowest BCUT2D eigenvalue weighted by atomic mass is 9.89. The van der Waals surface area contributed by atoms with Gasteiger partial charge in [0, 0.05) is 50.8 Å². The van der Waals surface area contributed by atoms with Crippen LogP contribution in [-0.4, -0.2) is 46.6 Å². The minimum atomic E-state index is -0.0407. The second kappa shape index (κ2) is 10.2. The fourth-order valence-electron chi connectivity index (χ4n) is 5.70. The zero-order valence-corrected chi connectivity index (χ0v) is 21.1. The van der Waals surface area contributed by atoms with Crippen molar-refractivity contribution in [3.8, 4) is 5.75 Å². The van der Waals surface area contributed by atoms with Crippen molar-refractivity contribution >= 4 is 5.91 Å². The largest absolute Gasteiger partial charge is 0.496 e. The van der Waals surface area contributed by atoms with Gasteiger partial charge in [0.15, 0.2) is 0 Å². The second-order valence-corrected chi connectivity index (χ2v) is 10.1. The molecular weight excluding hydrogens is 436 g/mol. The molecule has 1 N–H and O–H groups in total. The van der Waals surface area contributed by atoms with E-state index in [1.54, 1.807) is 7.11 Å². The number of nitrogens with one attached hydrogen (secondary N) is 1. The first-order valence-corrected chi connectivity index (χ1v) is 12.8. The van der Waals surface area contributed by atoms with Gasteiger partial charge in [-0.2, -0.15) is 0 Å². The molecule has 5 rings (SSSR count). The Morgan fingerprint density at radius 1 is 1.09 bits per heavy atom. The van der Waals surface area contributed by atoms with Crippen molar-refractivity contribution in [1.82, 2.24) is 19.8 Å². The molecule has 3 heterocycles. The number of carbonyl (C=O) groups excluding carboxylic acids is 1. The number of piperidine rings is 1. The van der Waals surface area contributed by atoms with Crippen molar-refractivity contribution in [2.24, 2.45) is 0 Å². The minimum Gasteiger partial charge on any atom is -0.496 e. The molecule has 1 atom stereocenters. The number of hydrogen-bond acceptors (Lipinski definition) is 4. The standard InChI is InChI=1S/C29H36N4O2/c1-20-15-24(16-21(2)28(20)35-3)23-9-10-27-31-26(19-33(27)18-23)29(34)30-25-11-13-32(14-12-25)17-22-7-5-4-6-8-22/h4-8,15-16,19,23,25H,9-14,17-18H2,1-3H3,(H,30,34)/t23-/m0/s1. The highest BCUT2D eigenvalue weighted by atomic mass is 16.5. The predicted molar refractivity (Wildman–Crippen MR) is 138 cm³/mol. The molecule has 3 aromatic rings. The third kappa shape index (κ3) is 5.27. The summed E-state index contributed by atoms with van der Waals surface area (Å²) in [5.41, 5.74) is 5.59. The molecule has 1 amide bonds. The molecule has 2 aromatic carbocycles. The number of likely N-dealkylation sites (tertiary alicyclic amines) is 1. The number of aryl methyl sites for hydroxylation is 3. The Balaban J connectivity index is 1.17. The van der Waals surface area contributed by atoms with Gasteiger partial charge in [-0.05, 0) is 55.4 Å². The smallest absolute Gasteiger partial charge is 0.271 e. The molecule has 0 spiro atoms. The van der Waals surface area contributed by atoms with Crippen LogP contribution in [0.4, 0.5) is 0 Å². The number of imidazole rings is 1. The number of hydrogen-bond donors (Lipinski definition) is 1. The molecule has 1 aromatic heterocycles. The summed E-state index contributed by atoms with van der Waals surface area (Å²) in [5, 5.41) is 3.24. The van der Waals surface area contributed by atoms with Crippen LogP contribution in [0.5, 0.6) is 5.75 Å². The average Bonchev–Trinajstić information content (AvgIpc) is 3.29. The van der Waals surface area contributed by atoms with Crippen molar-refractivity contribution in [2.75, 3.05) is 20.2 Å². The molecule has 0 saturated carbocycles. The van der Waals surface area contributed by atoms with Gasteiger partial charge in [0.2, 0.25) is 0 Å². The lowest BCUT2D eigenvalue weighted by molar-refractivity contribution is 0.0904. The molecule has 6 nitrogen and oxygen atoms in total. The van der Waals surface area contributed by atoms with Gasteiger partial charge in [-0.25, -0.2) is 4.98 Å². The monoisotopic (exact) mass is 472 g/mol. The first-order chi connectivity index (χ1) is 17.0. The Morgan fingerprint density at radius 3 is 2.49 bits per heavy atom. The van der Waals surface area contributed by atoms with Gasteiger partial charge in [-0.15, -0.1) is 0 Å². The van der Waals surface area contributed by atoms with E-state index in [1.807, 2.05) is 6.20 Å². The number of nitrogens with zero attached hydrogens (tertiary/aromatic N) is 3. The molecule has 1 saturated heterocycles. The van der Waals surface area contributed by atoms with Crippen LogP contribution in [0, 0.1) is 13.8 Å². The zero-order chi connectivity index (χ0) is 24.4. The van der Waals surface area contributed by atoms with E-state index in [2.05, 4.69) is 71.1 Å². The van der Waals surface area contributed by atoms with Gasteiger partial charge >= 0.3 is 0 Å². The summed E-state index contributed by atoms with van der Waals surface area (Å²) < 4.78 is 7.72. The Morgan fingerprint density at radius 2 is 1.80 bits per heavy atom. The van der Waals surface area contributed by atoms with Crippen LogP contribution >= 0.6 is 0 Å². The highest BCUT2D eigenvalue weighted by Crippen LogP contribution is 2.33. The van der Waals surface area contributed by atoms with Crippen molar-refractivity contribution in [3.05, 3.63) is 82.4 Å². The number of carbonyl (C=O) groups is 1. The first-order valence-electron chi connectivity index (χ1n) is 12.8. The highest BCUT2D eigenvalue weighted by Gasteiger charge is 2.26. The van der Waals surface area contributed by atoms with Crippen LogP contribution in [0.1, 0.15) is 63.7 Å². The molecule has 35 heavy (non-hydrogen) atoms. The quantitative estimate of drug-likeness (QED) is 0.568. The SMILES string of the molecule is COc1c(C)cc([C@H]2CCc3nc(C(=O)NC4CCN(Cc5ccccc5)CC4)cn3C2)cc1C. The lowest BCUT2D eigenvalue weighted by Crippen LogP contribution is -2.44. The summed E-state index contributed by atoms with van der Waals surface area (Å²) in [6, 6.07) is 15.3. The van der Waals surface area contributed by atoms with E-state index >= 15 is 0 Å². The number of aromatic nitrogens is 2. The van der Waals surface area contributed by atoms with E-state index in [0.717, 1.165) is 63.4 Å². The summed E-state index contributed by atoms with van der Waals surface area (Å²) >= 11 is 0. The number of rotatable bonds is 6. The molecule has 2 aliphatic heterocycles. The maximum atomic E-state index is 13.0. The summed E-state index contributed by atoms with van der Waals surface area (Å²) in [4.78, 5) is 20.2. The Hall–Kier alpha value is -3.12. The number of amides is 1. The number of methoxy groups -OCH3 is 1. The number of fused-ring (bicyclic) bond motifs is 1. The van der Waals surface area contributed by atoms with Crippen LogP contribution in [0.15, 0.2) is 48.7 Å². The second-order valence-electron chi connectivity index (χ2n) is 10.1. The lowest BCUT2D eigenvalue weighted by Gasteiger charge is -2.32. The molecule has 0 bridgehead atoms. The maximum Gasteiger partial charge on any atom is 0.271 e. The molecule has 1 fully saturated rings. The molecular formula is C29H36N4O2. The van der Waals surface area contributed by atoms with Gasteiger partial charge in [0.05, 0.1) is 7.11 Å². The third-order valence-corrected chi connectivity index (χ3v) is 7.56. The fourth-order valence-corrected chi connectivity index (χ4v) is 5.70. The molecule has 0 aliphatic carbocycles. The minimum absolute atomic E-state index is 0.0407. The molecule has 6 heteroatoms. The molecule has 2 aliphatic rings. The van der Waals surface area contributed by atoms with Crippen molar-refractivity contribution in [3.63, 3.8) is 0 Å². The summed E-state index contributed by atoms with van der Waals surface area (Å²) in [6.07, 6.45) is 5.84. The van der Waals surface area contributed by atoms with Gasteiger partial charge < -0.3 is 14.6 Å². The van der Waals surface area contributed by atoms with E-state index in [4.69, 9.17) is 9.72 Å². The van der Waals surface area contributed by atoms with Gasteiger partial charge in [0.1, 0.15) is 17.3 Å². The maximum absolute atomic E-state index is 13.0. The van der Waals surface area contributed by atoms with Crippen LogP contribution in [0.25, 0.3) is 0 Å². The Bertz CT molecular complexity index is 1160. The Labute approximate surface area is 208 Å². The molecule has 0 radical (unpaired) electrons. The van der Waals surface area contributed by atoms with Crippen LogP contribution < -0.4 is 10.1 Å². The third-order valence-electron chi connectivity index (χ3n) is 7.56. The predicted octanol–water partition coefficient (Wildman–Crippen LogP) is 4.63. The molecule has 184 valence electrons. The van der Waals surface area contributed by atoms with E-state index in [1.165, 1.54) is 22.3 Å². The van der Waals surface area contributed by atoms with Crippen molar-refractivity contribution < 1.29 is 9.53 Å². The van der Waals surface area contributed by atoms with Crippen molar-refractivity contribution in [2.45, 2.75) is 64.6 Å². The average molecular weight is 473 g/mol. The van der Waals surface area contributed by atoms with Crippen molar-refractivity contribution in [1.29, 1.82) is 0 Å². The summed E-state index contributed by atoms with van der Waals surface area (Å²) in [6.45, 7) is 8.05. The van der Waals surface area contributed by atoms with E-state index in [9.17, 15) is 4.79 Å². The van der Waals surface area contributed by atoms with Gasteiger partial charge in [-0.3, -0.25) is 9.69 Å². The summed E-state index contributed by atoms with van der Waals surface area (Å²) in [7, 11) is 1.73.